The highest BCUT2D eigenvalue weighted by atomic mass is 32.2. The van der Waals surface area contributed by atoms with Crippen molar-refractivity contribution in [1.29, 1.82) is 0 Å². The molecule has 116 valence electrons. The van der Waals surface area contributed by atoms with Crippen LogP contribution in [0.1, 0.15) is 27.0 Å². The second-order valence-corrected chi connectivity index (χ2v) is 6.81. The maximum atomic E-state index is 12.2. The second-order valence-electron chi connectivity index (χ2n) is 5.25. The SMILES string of the molecule is Cc1cccc(CNC(=O)c2cc(C)cc(S(N)(=O)=O)c2)c1. The highest BCUT2D eigenvalue weighted by Crippen LogP contribution is 2.14. The van der Waals surface area contributed by atoms with Crippen molar-refractivity contribution in [1.82, 2.24) is 5.32 Å². The molecule has 5 nitrogen and oxygen atoms in total. The number of rotatable bonds is 4. The topological polar surface area (TPSA) is 89.3 Å². The zero-order valence-electron chi connectivity index (χ0n) is 12.5. The number of benzene rings is 2. The van der Waals surface area contributed by atoms with Gasteiger partial charge < -0.3 is 5.32 Å². The lowest BCUT2D eigenvalue weighted by Crippen LogP contribution is -2.23. The summed E-state index contributed by atoms with van der Waals surface area (Å²) in [4.78, 5) is 12.1. The summed E-state index contributed by atoms with van der Waals surface area (Å²) >= 11 is 0. The smallest absolute Gasteiger partial charge is 0.251 e. The summed E-state index contributed by atoms with van der Waals surface area (Å²) in [6.07, 6.45) is 0. The number of hydrogen-bond donors (Lipinski definition) is 2. The van der Waals surface area contributed by atoms with E-state index in [1.165, 1.54) is 12.1 Å². The molecule has 6 heteroatoms. The third-order valence-electron chi connectivity index (χ3n) is 3.18. The lowest BCUT2D eigenvalue weighted by atomic mass is 10.1. The van der Waals surface area contributed by atoms with E-state index in [9.17, 15) is 13.2 Å². The molecule has 0 spiro atoms. The molecule has 2 rings (SSSR count). The molecule has 0 saturated carbocycles. The molecule has 0 saturated heterocycles. The fourth-order valence-corrected chi connectivity index (χ4v) is 2.79. The average molecular weight is 318 g/mol. The number of nitrogens with two attached hydrogens (primary N) is 1. The van der Waals surface area contributed by atoms with Gasteiger partial charge in [0.1, 0.15) is 0 Å². The van der Waals surface area contributed by atoms with E-state index in [1.807, 2.05) is 31.2 Å². The largest absolute Gasteiger partial charge is 0.348 e. The summed E-state index contributed by atoms with van der Waals surface area (Å²) in [7, 11) is -3.83. The minimum Gasteiger partial charge on any atom is -0.348 e. The van der Waals surface area contributed by atoms with Crippen LogP contribution in [0.2, 0.25) is 0 Å². The van der Waals surface area contributed by atoms with Crippen molar-refractivity contribution < 1.29 is 13.2 Å². The van der Waals surface area contributed by atoms with Gasteiger partial charge in [0.25, 0.3) is 5.91 Å². The minimum atomic E-state index is -3.83. The molecule has 1 amide bonds. The van der Waals surface area contributed by atoms with Gasteiger partial charge in [-0.3, -0.25) is 4.79 Å². The van der Waals surface area contributed by atoms with Gasteiger partial charge in [0, 0.05) is 12.1 Å². The Labute approximate surface area is 130 Å². The Morgan fingerprint density at radius 1 is 1.09 bits per heavy atom. The predicted molar refractivity (Wildman–Crippen MR) is 84.9 cm³/mol. The second kappa shape index (κ2) is 6.29. The van der Waals surface area contributed by atoms with Crippen molar-refractivity contribution in [3.63, 3.8) is 0 Å². The Morgan fingerprint density at radius 2 is 1.82 bits per heavy atom. The summed E-state index contributed by atoms with van der Waals surface area (Å²) in [6.45, 7) is 4.06. The molecular formula is C16H18N2O3S. The van der Waals surface area contributed by atoms with Crippen molar-refractivity contribution in [3.05, 3.63) is 64.7 Å². The molecule has 22 heavy (non-hydrogen) atoms. The summed E-state index contributed by atoms with van der Waals surface area (Å²) in [6, 6.07) is 12.1. The first kappa shape index (κ1) is 16.2. The number of carbonyl (C=O) groups is 1. The average Bonchev–Trinajstić information content (AvgIpc) is 2.43. The number of nitrogens with one attached hydrogen (secondary N) is 1. The third-order valence-corrected chi connectivity index (χ3v) is 4.07. The Balaban J connectivity index is 2.18. The minimum absolute atomic E-state index is 0.0618. The van der Waals surface area contributed by atoms with Crippen molar-refractivity contribution in [2.45, 2.75) is 25.3 Å². The first-order valence-corrected chi connectivity index (χ1v) is 8.28. The normalized spacial score (nSPS) is 11.2. The fraction of sp³-hybridized carbons (Fsp3) is 0.188. The van der Waals surface area contributed by atoms with E-state index >= 15 is 0 Å². The standard InChI is InChI=1S/C16H18N2O3S/c1-11-4-3-5-13(6-11)10-18-16(19)14-7-12(2)8-15(9-14)22(17,20)21/h3-9H,10H2,1-2H3,(H,18,19)(H2,17,20,21). The molecule has 2 aromatic rings. The van der Waals surface area contributed by atoms with Crippen LogP contribution in [0.25, 0.3) is 0 Å². The summed E-state index contributed by atoms with van der Waals surface area (Å²) < 4.78 is 22.8. The van der Waals surface area contributed by atoms with Crippen LogP contribution in [0.3, 0.4) is 0 Å². The highest BCUT2D eigenvalue weighted by molar-refractivity contribution is 7.89. The number of hydrogen-bond acceptors (Lipinski definition) is 3. The van der Waals surface area contributed by atoms with Gasteiger partial charge in [-0.25, -0.2) is 13.6 Å². The summed E-state index contributed by atoms with van der Waals surface area (Å²) in [5.74, 6) is -0.338. The van der Waals surface area contributed by atoms with Crippen LogP contribution in [0.15, 0.2) is 47.4 Å². The van der Waals surface area contributed by atoms with Gasteiger partial charge >= 0.3 is 0 Å². The van der Waals surface area contributed by atoms with Crippen molar-refractivity contribution in [2.75, 3.05) is 0 Å². The molecule has 0 aliphatic rings. The van der Waals surface area contributed by atoms with Gasteiger partial charge in [-0.2, -0.15) is 0 Å². The zero-order valence-corrected chi connectivity index (χ0v) is 13.3. The number of primary sulfonamides is 1. The molecule has 0 bridgehead atoms. The van der Waals surface area contributed by atoms with Gasteiger partial charge in [-0.1, -0.05) is 29.8 Å². The number of carbonyl (C=O) groups excluding carboxylic acids is 1. The zero-order chi connectivity index (χ0) is 16.3. The first-order valence-electron chi connectivity index (χ1n) is 6.74. The van der Waals surface area contributed by atoms with Crippen LogP contribution in [0.5, 0.6) is 0 Å². The van der Waals surface area contributed by atoms with Crippen LogP contribution in [0, 0.1) is 13.8 Å². The molecule has 0 radical (unpaired) electrons. The van der Waals surface area contributed by atoms with Gasteiger partial charge in [0.15, 0.2) is 0 Å². The summed E-state index contributed by atoms with van der Waals surface area (Å²) in [5, 5.41) is 7.89. The third kappa shape index (κ3) is 4.16. The van der Waals surface area contributed by atoms with Crippen LogP contribution in [-0.2, 0) is 16.6 Å². The van der Waals surface area contributed by atoms with E-state index in [-0.39, 0.29) is 16.4 Å². The lowest BCUT2D eigenvalue weighted by Gasteiger charge is -2.08. The van der Waals surface area contributed by atoms with E-state index in [2.05, 4.69) is 5.32 Å². The van der Waals surface area contributed by atoms with Crippen molar-refractivity contribution in [2.24, 2.45) is 5.14 Å². The van der Waals surface area contributed by atoms with Crippen LogP contribution < -0.4 is 10.5 Å². The monoisotopic (exact) mass is 318 g/mol. The molecule has 0 aromatic heterocycles. The maximum Gasteiger partial charge on any atom is 0.251 e. The molecule has 0 heterocycles. The molecule has 0 aliphatic heterocycles. The van der Waals surface area contributed by atoms with E-state index in [1.54, 1.807) is 13.0 Å². The molecule has 0 aliphatic carbocycles. The van der Waals surface area contributed by atoms with Gasteiger partial charge in [-0.05, 0) is 43.2 Å². The fourth-order valence-electron chi connectivity index (χ4n) is 2.15. The van der Waals surface area contributed by atoms with Crippen molar-refractivity contribution >= 4 is 15.9 Å². The Kier molecular flexibility index (Phi) is 4.63. The molecule has 2 aromatic carbocycles. The molecule has 0 atom stereocenters. The van der Waals surface area contributed by atoms with Crippen LogP contribution in [0.4, 0.5) is 0 Å². The van der Waals surface area contributed by atoms with Crippen LogP contribution in [-0.4, -0.2) is 14.3 Å². The number of aryl methyl sites for hydroxylation is 2. The van der Waals surface area contributed by atoms with Gasteiger partial charge in [0.05, 0.1) is 4.90 Å². The van der Waals surface area contributed by atoms with Crippen molar-refractivity contribution in [3.8, 4) is 0 Å². The first-order chi connectivity index (χ1) is 10.3. The Hall–Kier alpha value is -2.18. The van der Waals surface area contributed by atoms with Crippen LogP contribution >= 0.6 is 0 Å². The Bertz CT molecular complexity index is 814. The van der Waals surface area contributed by atoms with E-state index in [4.69, 9.17) is 5.14 Å². The van der Waals surface area contributed by atoms with E-state index < -0.39 is 10.0 Å². The molecular weight excluding hydrogens is 300 g/mol. The quantitative estimate of drug-likeness (QED) is 0.902. The molecule has 0 unspecified atom stereocenters. The molecule has 3 N–H and O–H groups in total. The number of amides is 1. The number of sulfonamides is 1. The summed E-state index contributed by atoms with van der Waals surface area (Å²) in [5.41, 5.74) is 3.02. The Morgan fingerprint density at radius 3 is 2.45 bits per heavy atom. The highest BCUT2D eigenvalue weighted by Gasteiger charge is 2.13. The van der Waals surface area contributed by atoms with Gasteiger partial charge in [0.2, 0.25) is 10.0 Å². The molecule has 0 fully saturated rings. The van der Waals surface area contributed by atoms with Gasteiger partial charge in [-0.15, -0.1) is 0 Å². The lowest BCUT2D eigenvalue weighted by molar-refractivity contribution is 0.0950. The maximum absolute atomic E-state index is 12.2. The predicted octanol–water partition coefficient (Wildman–Crippen LogP) is 1.88. The van der Waals surface area contributed by atoms with E-state index in [0.29, 0.717) is 12.1 Å². The van der Waals surface area contributed by atoms with E-state index in [0.717, 1.165) is 11.1 Å².